The third-order valence-electron chi connectivity index (χ3n) is 5.94. The van der Waals surface area contributed by atoms with Crippen molar-refractivity contribution in [1.29, 1.82) is 5.26 Å². The highest BCUT2D eigenvalue weighted by molar-refractivity contribution is 7.99. The highest BCUT2D eigenvalue weighted by atomic mass is 32.2. The minimum atomic E-state index is 0.559. The Hall–Kier alpha value is -4.33. The van der Waals surface area contributed by atoms with Crippen LogP contribution in [0.15, 0.2) is 125 Å². The molecule has 0 bridgehead atoms. The molecule has 4 heteroatoms. The van der Waals surface area contributed by atoms with Crippen molar-refractivity contribution in [3.05, 3.63) is 121 Å². The first kappa shape index (κ1) is 20.3. The predicted molar refractivity (Wildman–Crippen MR) is 139 cm³/mol. The van der Waals surface area contributed by atoms with E-state index in [1.807, 2.05) is 30.0 Å². The number of benzene rings is 4. The summed E-state index contributed by atoms with van der Waals surface area (Å²) in [6, 6.07) is 39.9. The Labute approximate surface area is 203 Å². The van der Waals surface area contributed by atoms with Crippen LogP contribution in [0.1, 0.15) is 5.56 Å². The van der Waals surface area contributed by atoms with E-state index in [-0.39, 0.29) is 0 Å². The number of anilines is 3. The molecule has 0 saturated carbocycles. The highest BCUT2D eigenvalue weighted by Crippen LogP contribution is 2.51. The van der Waals surface area contributed by atoms with Crippen LogP contribution in [0.25, 0.3) is 22.4 Å². The van der Waals surface area contributed by atoms with Gasteiger partial charge < -0.3 is 4.90 Å². The summed E-state index contributed by atoms with van der Waals surface area (Å²) in [4.78, 5) is 9.37. The zero-order valence-corrected chi connectivity index (χ0v) is 19.0. The van der Waals surface area contributed by atoms with Crippen molar-refractivity contribution in [1.82, 2.24) is 4.98 Å². The van der Waals surface area contributed by atoms with Gasteiger partial charge in [0, 0.05) is 27.2 Å². The summed E-state index contributed by atoms with van der Waals surface area (Å²) in [5.74, 6) is 0. The fraction of sp³-hybridized carbons (Fsp3) is 0. The van der Waals surface area contributed by atoms with Crippen LogP contribution in [-0.4, -0.2) is 4.98 Å². The van der Waals surface area contributed by atoms with Crippen LogP contribution in [-0.2, 0) is 0 Å². The molecule has 0 amide bonds. The molecular formula is C30H19N3S. The summed E-state index contributed by atoms with van der Waals surface area (Å²) in [6.45, 7) is 0. The maximum atomic E-state index is 9.13. The van der Waals surface area contributed by atoms with Gasteiger partial charge in [-0.05, 0) is 59.7 Å². The summed E-state index contributed by atoms with van der Waals surface area (Å²) in [7, 11) is 0. The summed E-state index contributed by atoms with van der Waals surface area (Å²) in [6.07, 6.45) is 1.63. The Morgan fingerprint density at radius 1 is 0.676 bits per heavy atom. The number of rotatable bonds is 3. The van der Waals surface area contributed by atoms with Crippen molar-refractivity contribution in [3.8, 4) is 28.5 Å². The van der Waals surface area contributed by atoms with E-state index in [1.54, 1.807) is 6.20 Å². The second-order valence-electron chi connectivity index (χ2n) is 8.01. The van der Waals surface area contributed by atoms with Crippen molar-refractivity contribution in [2.75, 3.05) is 4.90 Å². The van der Waals surface area contributed by atoms with Crippen molar-refractivity contribution in [2.45, 2.75) is 9.79 Å². The number of fused-ring (bicyclic) bond motifs is 2. The summed E-state index contributed by atoms with van der Waals surface area (Å²) in [5.41, 5.74) is 8.16. The van der Waals surface area contributed by atoms with Gasteiger partial charge in [-0.25, -0.2) is 0 Å². The Balaban J connectivity index is 1.49. The molecule has 0 atom stereocenters. The molecule has 1 aliphatic rings. The first-order valence-corrected chi connectivity index (χ1v) is 11.9. The molecule has 160 valence electrons. The van der Waals surface area contributed by atoms with Gasteiger partial charge in [0.2, 0.25) is 0 Å². The van der Waals surface area contributed by atoms with Gasteiger partial charge in [0.05, 0.1) is 22.6 Å². The second kappa shape index (κ2) is 8.55. The highest BCUT2D eigenvalue weighted by Gasteiger charge is 2.24. The lowest BCUT2D eigenvalue weighted by Gasteiger charge is -2.33. The molecule has 0 fully saturated rings. The molecule has 0 aliphatic carbocycles. The van der Waals surface area contributed by atoms with Gasteiger partial charge in [0.1, 0.15) is 6.07 Å². The van der Waals surface area contributed by atoms with Crippen molar-refractivity contribution < 1.29 is 0 Å². The molecule has 0 N–H and O–H groups in total. The van der Waals surface area contributed by atoms with Crippen molar-refractivity contribution in [3.63, 3.8) is 0 Å². The summed E-state index contributed by atoms with van der Waals surface area (Å²) in [5, 5.41) is 9.13. The van der Waals surface area contributed by atoms with E-state index in [4.69, 9.17) is 5.26 Å². The maximum Gasteiger partial charge on any atom is 0.101 e. The minimum absolute atomic E-state index is 0.559. The fourth-order valence-corrected chi connectivity index (χ4v) is 5.43. The third-order valence-corrected chi connectivity index (χ3v) is 7.07. The molecule has 1 aliphatic heterocycles. The average molecular weight is 454 g/mol. The summed E-state index contributed by atoms with van der Waals surface area (Å²) < 4.78 is 0. The van der Waals surface area contributed by atoms with Crippen molar-refractivity contribution in [2.24, 2.45) is 0 Å². The lowest BCUT2D eigenvalue weighted by atomic mass is 9.96. The van der Waals surface area contributed by atoms with E-state index in [1.165, 1.54) is 21.2 Å². The molecular weight excluding hydrogens is 434 g/mol. The number of nitrogens with zero attached hydrogens (tertiary/aromatic N) is 3. The minimum Gasteiger partial charge on any atom is -0.308 e. The molecule has 2 heterocycles. The lowest BCUT2D eigenvalue weighted by Crippen LogP contribution is -2.14. The van der Waals surface area contributed by atoms with Gasteiger partial charge in [-0.2, -0.15) is 5.26 Å². The topological polar surface area (TPSA) is 39.9 Å². The zero-order chi connectivity index (χ0) is 22.9. The standard InChI is InChI=1S/C30H19N3S/c31-19-21-16-17-26(32-20-21)25-11-2-1-10-24(25)22-8-7-9-23(18-22)33-27-12-3-5-14-29(27)34-30-15-6-4-13-28(30)33/h1-18,20H. The molecule has 0 spiro atoms. The van der Waals surface area contributed by atoms with Crippen LogP contribution in [0.2, 0.25) is 0 Å². The Kier molecular flexibility index (Phi) is 5.10. The van der Waals surface area contributed by atoms with Crippen LogP contribution < -0.4 is 4.90 Å². The van der Waals surface area contributed by atoms with Crippen LogP contribution in [0.5, 0.6) is 0 Å². The molecule has 0 saturated heterocycles. The second-order valence-corrected chi connectivity index (χ2v) is 9.10. The molecule has 3 nitrogen and oxygen atoms in total. The van der Waals surface area contributed by atoms with Crippen molar-refractivity contribution >= 4 is 28.8 Å². The van der Waals surface area contributed by atoms with E-state index in [0.29, 0.717) is 5.56 Å². The molecule has 1 aromatic heterocycles. The van der Waals surface area contributed by atoms with Gasteiger partial charge in [0.25, 0.3) is 0 Å². The Morgan fingerprint density at radius 3 is 2.03 bits per heavy atom. The lowest BCUT2D eigenvalue weighted by molar-refractivity contribution is 1.17. The van der Waals surface area contributed by atoms with Crippen LogP contribution in [0.3, 0.4) is 0 Å². The monoisotopic (exact) mass is 453 g/mol. The van der Waals surface area contributed by atoms with Gasteiger partial charge in [0.15, 0.2) is 0 Å². The van der Waals surface area contributed by atoms with E-state index in [2.05, 4.69) is 107 Å². The molecule has 5 aromatic rings. The van der Waals surface area contributed by atoms with E-state index in [0.717, 1.165) is 28.1 Å². The SMILES string of the molecule is N#Cc1ccc(-c2ccccc2-c2cccc(N3c4ccccc4Sc4ccccc43)c2)nc1. The Morgan fingerprint density at radius 2 is 1.35 bits per heavy atom. The first-order chi connectivity index (χ1) is 16.8. The number of nitriles is 1. The molecule has 6 rings (SSSR count). The van der Waals surface area contributed by atoms with Gasteiger partial charge >= 0.3 is 0 Å². The maximum absolute atomic E-state index is 9.13. The quantitative estimate of drug-likeness (QED) is 0.271. The van der Waals surface area contributed by atoms with E-state index < -0.39 is 0 Å². The number of para-hydroxylation sites is 2. The third kappa shape index (κ3) is 3.53. The first-order valence-electron chi connectivity index (χ1n) is 11.0. The van der Waals surface area contributed by atoms with E-state index in [9.17, 15) is 0 Å². The smallest absolute Gasteiger partial charge is 0.101 e. The van der Waals surface area contributed by atoms with Gasteiger partial charge in [-0.1, -0.05) is 72.4 Å². The zero-order valence-electron chi connectivity index (χ0n) is 18.2. The van der Waals surface area contributed by atoms with Crippen LogP contribution >= 0.6 is 11.8 Å². The normalized spacial score (nSPS) is 11.9. The molecule has 0 unspecified atom stereocenters. The fourth-order valence-electron chi connectivity index (χ4n) is 4.37. The van der Waals surface area contributed by atoms with Gasteiger partial charge in [-0.3, -0.25) is 4.98 Å². The number of pyridine rings is 1. The van der Waals surface area contributed by atoms with Gasteiger partial charge in [-0.15, -0.1) is 0 Å². The van der Waals surface area contributed by atoms with E-state index >= 15 is 0 Å². The predicted octanol–water partition coefficient (Wildman–Crippen LogP) is 8.22. The molecule has 4 aromatic carbocycles. The summed E-state index contributed by atoms with van der Waals surface area (Å²) >= 11 is 1.81. The molecule has 34 heavy (non-hydrogen) atoms. The Bertz CT molecular complexity index is 1500. The number of hydrogen-bond donors (Lipinski definition) is 0. The number of hydrogen-bond acceptors (Lipinski definition) is 4. The van der Waals surface area contributed by atoms with Crippen LogP contribution in [0, 0.1) is 11.3 Å². The molecule has 0 radical (unpaired) electrons. The average Bonchev–Trinajstić information content (AvgIpc) is 2.92. The van der Waals surface area contributed by atoms with Crippen LogP contribution in [0.4, 0.5) is 17.1 Å². The largest absolute Gasteiger partial charge is 0.308 e. The number of aromatic nitrogens is 1.